The Morgan fingerprint density at radius 2 is 1.50 bits per heavy atom. The third-order valence-electron chi connectivity index (χ3n) is 6.49. The van der Waals surface area contributed by atoms with E-state index in [0.717, 1.165) is 24.0 Å². The van der Waals surface area contributed by atoms with Crippen molar-refractivity contribution in [3.8, 4) is 11.1 Å². The van der Waals surface area contributed by atoms with Crippen molar-refractivity contribution in [1.29, 1.82) is 0 Å². The largest absolute Gasteiger partial charge is 0.456 e. The molecule has 0 N–H and O–H groups in total. The molecule has 1 nitrogen and oxygen atoms in total. The van der Waals surface area contributed by atoms with Crippen molar-refractivity contribution in [2.75, 3.05) is 0 Å². The number of hydrogen-bond donors (Lipinski definition) is 0. The molecule has 0 fully saturated rings. The maximum Gasteiger partial charge on any atom is 0.136 e. The minimum Gasteiger partial charge on any atom is -0.456 e. The van der Waals surface area contributed by atoms with Crippen LogP contribution < -0.4 is 0 Å². The van der Waals surface area contributed by atoms with Crippen LogP contribution in [-0.4, -0.2) is 0 Å². The van der Waals surface area contributed by atoms with Gasteiger partial charge in [-0.1, -0.05) is 73.3 Å². The molecule has 1 aromatic heterocycles. The molecule has 0 saturated carbocycles. The van der Waals surface area contributed by atoms with Gasteiger partial charge in [0, 0.05) is 10.8 Å². The molecule has 0 spiro atoms. The van der Waals surface area contributed by atoms with Crippen LogP contribution in [-0.2, 0) is 12.8 Å². The summed E-state index contributed by atoms with van der Waals surface area (Å²) in [5, 5.41) is 5.05. The fraction of sp³-hybridized carbons (Fsp3) is 0.103. The van der Waals surface area contributed by atoms with E-state index in [0.29, 0.717) is 0 Å². The van der Waals surface area contributed by atoms with E-state index in [-0.39, 0.29) is 0 Å². The van der Waals surface area contributed by atoms with Crippen molar-refractivity contribution in [3.63, 3.8) is 0 Å². The van der Waals surface area contributed by atoms with Gasteiger partial charge in [-0.3, -0.25) is 0 Å². The van der Waals surface area contributed by atoms with E-state index in [1.54, 1.807) is 0 Å². The maximum absolute atomic E-state index is 6.19. The first-order valence-corrected chi connectivity index (χ1v) is 10.5. The zero-order valence-electron chi connectivity index (χ0n) is 17.0. The molecule has 0 amide bonds. The Morgan fingerprint density at radius 3 is 2.27 bits per heavy atom. The molecule has 0 atom stereocenters. The Balaban J connectivity index is 1.78. The van der Waals surface area contributed by atoms with E-state index in [1.165, 1.54) is 54.9 Å². The molecule has 6 rings (SSSR count). The summed E-state index contributed by atoms with van der Waals surface area (Å²) in [5.41, 5.74) is 10.2. The van der Waals surface area contributed by atoms with E-state index in [2.05, 4.69) is 80.2 Å². The van der Waals surface area contributed by atoms with Gasteiger partial charge in [-0.2, -0.15) is 0 Å². The maximum atomic E-state index is 6.19. The smallest absolute Gasteiger partial charge is 0.136 e. The van der Waals surface area contributed by atoms with Gasteiger partial charge >= 0.3 is 0 Å². The molecule has 0 bridgehead atoms. The van der Waals surface area contributed by atoms with Crippen molar-refractivity contribution in [2.24, 2.45) is 0 Å². The van der Waals surface area contributed by atoms with Crippen LogP contribution in [0.1, 0.15) is 23.6 Å². The van der Waals surface area contributed by atoms with Crippen LogP contribution in [0.3, 0.4) is 0 Å². The lowest BCUT2D eigenvalue weighted by atomic mass is 9.74. The first-order valence-electron chi connectivity index (χ1n) is 10.5. The van der Waals surface area contributed by atoms with Crippen LogP contribution in [0.2, 0.25) is 0 Å². The molecule has 1 heteroatoms. The summed E-state index contributed by atoms with van der Waals surface area (Å²) in [5.74, 6) is 0. The van der Waals surface area contributed by atoms with Crippen LogP contribution >= 0.6 is 0 Å². The van der Waals surface area contributed by atoms with Gasteiger partial charge in [0.15, 0.2) is 0 Å². The summed E-state index contributed by atoms with van der Waals surface area (Å²) in [6.07, 6.45) is 6.27. The average molecular weight is 386 g/mol. The van der Waals surface area contributed by atoms with E-state index in [9.17, 15) is 0 Å². The molecular formula is C29H22O. The van der Waals surface area contributed by atoms with Crippen molar-refractivity contribution in [3.05, 3.63) is 102 Å². The van der Waals surface area contributed by atoms with E-state index >= 15 is 0 Å². The second kappa shape index (κ2) is 6.47. The Labute approximate surface area is 175 Å². The SMILES string of the molecule is C=C/C=C(\C)c1c2c(c(-c3cccc4oc5ccccc5c34)c3ccccc13)CC2. The molecule has 1 aliphatic rings. The van der Waals surface area contributed by atoms with E-state index in [4.69, 9.17) is 4.42 Å². The standard InChI is InChI=1S/C29H22O/c1-3-9-18(2)27-19-10-4-5-11-20(19)28(22-17-16-21(22)27)24-13-8-15-26-29(24)23-12-6-7-14-25(23)30-26/h3-15H,1,16-17H2,2H3/b18-9+. The lowest BCUT2D eigenvalue weighted by Gasteiger charge is -2.29. The predicted molar refractivity (Wildman–Crippen MR) is 128 cm³/mol. The van der Waals surface area contributed by atoms with Gasteiger partial charge in [-0.25, -0.2) is 0 Å². The molecule has 1 heterocycles. The molecule has 4 aromatic carbocycles. The number of hydrogen-bond acceptors (Lipinski definition) is 1. The molecule has 30 heavy (non-hydrogen) atoms. The summed E-state index contributed by atoms with van der Waals surface area (Å²) in [7, 11) is 0. The lowest BCUT2D eigenvalue weighted by molar-refractivity contribution is 0.669. The molecular weight excluding hydrogens is 364 g/mol. The topological polar surface area (TPSA) is 13.1 Å². The number of para-hydroxylation sites is 1. The summed E-state index contributed by atoms with van der Waals surface area (Å²) >= 11 is 0. The van der Waals surface area contributed by atoms with Gasteiger partial charge in [0.1, 0.15) is 11.2 Å². The lowest BCUT2D eigenvalue weighted by Crippen LogP contribution is -2.14. The van der Waals surface area contributed by atoms with Crippen molar-refractivity contribution in [1.82, 2.24) is 0 Å². The van der Waals surface area contributed by atoms with Crippen LogP contribution in [0.25, 0.3) is 49.4 Å². The molecule has 0 saturated heterocycles. The second-order valence-corrected chi connectivity index (χ2v) is 8.12. The number of allylic oxidation sites excluding steroid dienone is 3. The highest BCUT2D eigenvalue weighted by Gasteiger charge is 2.27. The summed E-state index contributed by atoms with van der Waals surface area (Å²) in [6, 6.07) is 23.7. The molecule has 1 aliphatic carbocycles. The van der Waals surface area contributed by atoms with Gasteiger partial charge < -0.3 is 4.42 Å². The van der Waals surface area contributed by atoms with Crippen LogP contribution in [0.5, 0.6) is 0 Å². The molecule has 144 valence electrons. The molecule has 0 radical (unpaired) electrons. The third-order valence-corrected chi connectivity index (χ3v) is 6.49. The number of benzene rings is 4. The summed E-state index contributed by atoms with van der Waals surface area (Å²) < 4.78 is 6.19. The van der Waals surface area contributed by atoms with Crippen molar-refractivity contribution in [2.45, 2.75) is 19.8 Å². The summed E-state index contributed by atoms with van der Waals surface area (Å²) in [4.78, 5) is 0. The fourth-order valence-electron chi connectivity index (χ4n) is 5.17. The normalized spacial score (nSPS) is 13.6. The van der Waals surface area contributed by atoms with Gasteiger partial charge in [0.25, 0.3) is 0 Å². The fourth-order valence-corrected chi connectivity index (χ4v) is 5.17. The number of furan rings is 1. The predicted octanol–water partition coefficient (Wildman–Crippen LogP) is 8.09. The molecule has 0 unspecified atom stereocenters. The summed E-state index contributed by atoms with van der Waals surface area (Å²) in [6.45, 7) is 6.11. The highest BCUT2D eigenvalue weighted by Crippen LogP contribution is 2.47. The Bertz CT molecular complexity index is 1510. The van der Waals surface area contributed by atoms with E-state index in [1.807, 2.05) is 12.1 Å². The highest BCUT2D eigenvalue weighted by molar-refractivity contribution is 6.17. The number of rotatable bonds is 3. The van der Waals surface area contributed by atoms with Gasteiger partial charge in [-0.05, 0) is 76.1 Å². The first-order chi connectivity index (χ1) is 14.8. The minimum absolute atomic E-state index is 0.949. The zero-order chi connectivity index (χ0) is 20.2. The Hall–Kier alpha value is -3.58. The van der Waals surface area contributed by atoms with Gasteiger partial charge in [0.05, 0.1) is 0 Å². The first kappa shape index (κ1) is 17.3. The Kier molecular flexibility index (Phi) is 3.73. The average Bonchev–Trinajstić information content (AvgIpc) is 3.13. The van der Waals surface area contributed by atoms with Crippen LogP contribution in [0.4, 0.5) is 0 Å². The van der Waals surface area contributed by atoms with E-state index < -0.39 is 0 Å². The van der Waals surface area contributed by atoms with Crippen molar-refractivity contribution >= 4 is 38.3 Å². The number of fused-ring (bicyclic) bond motifs is 5. The highest BCUT2D eigenvalue weighted by atomic mass is 16.3. The Morgan fingerprint density at radius 1 is 0.800 bits per heavy atom. The quantitative estimate of drug-likeness (QED) is 0.286. The van der Waals surface area contributed by atoms with Crippen LogP contribution in [0.15, 0.2) is 89.9 Å². The zero-order valence-corrected chi connectivity index (χ0v) is 17.0. The van der Waals surface area contributed by atoms with Crippen LogP contribution in [0, 0.1) is 0 Å². The second-order valence-electron chi connectivity index (χ2n) is 8.12. The minimum atomic E-state index is 0.949. The molecule has 5 aromatic rings. The monoisotopic (exact) mass is 386 g/mol. The van der Waals surface area contributed by atoms with Gasteiger partial charge in [-0.15, -0.1) is 0 Å². The molecule has 0 aliphatic heterocycles. The third kappa shape index (κ3) is 2.29. The van der Waals surface area contributed by atoms with Gasteiger partial charge in [0.2, 0.25) is 0 Å². The van der Waals surface area contributed by atoms with Crippen molar-refractivity contribution < 1.29 is 4.42 Å².